The fraction of sp³-hybridized carbons (Fsp3) is 0.0667. The van der Waals surface area contributed by atoms with E-state index in [1.807, 2.05) is 18.2 Å². The monoisotopic (exact) mass is 335 g/mol. The minimum Gasteiger partial charge on any atom is -0.304 e. The topological polar surface area (TPSA) is 112 Å². The van der Waals surface area contributed by atoms with Crippen LogP contribution in [0, 0.1) is 18.3 Å². The van der Waals surface area contributed by atoms with Gasteiger partial charge in [0.25, 0.3) is 5.56 Å². The van der Waals surface area contributed by atoms with Crippen LogP contribution in [0.1, 0.15) is 11.3 Å². The lowest BCUT2D eigenvalue weighted by Gasteiger charge is -2.00. The molecule has 4 rings (SSSR count). The quantitative estimate of drug-likeness (QED) is 0.567. The summed E-state index contributed by atoms with van der Waals surface area (Å²) in [7, 11) is 0. The van der Waals surface area contributed by atoms with E-state index in [1.165, 1.54) is 6.20 Å². The average Bonchev–Trinajstić information content (AvgIpc) is 3.17. The Balaban J connectivity index is 1.95. The van der Waals surface area contributed by atoms with Crippen LogP contribution in [0.4, 0.5) is 10.7 Å². The number of fused-ring (bicyclic) bond motifs is 3. The molecule has 1 N–H and O–H groups in total. The number of azo groups is 1. The normalized spacial score (nSPS) is 11.5. The van der Waals surface area contributed by atoms with Gasteiger partial charge in [-0.05, 0) is 30.6 Å². The molecule has 0 radical (unpaired) electrons. The van der Waals surface area contributed by atoms with Crippen molar-refractivity contribution >= 4 is 38.8 Å². The van der Waals surface area contributed by atoms with Gasteiger partial charge in [0, 0.05) is 0 Å². The average molecular weight is 335 g/mol. The smallest absolute Gasteiger partial charge is 0.259 e. The number of hydrogen-bond donors (Lipinski definition) is 1. The van der Waals surface area contributed by atoms with Gasteiger partial charge in [0.1, 0.15) is 11.6 Å². The summed E-state index contributed by atoms with van der Waals surface area (Å²) in [6, 6.07) is 9.21. The van der Waals surface area contributed by atoms with E-state index in [2.05, 4.69) is 24.7 Å². The first-order valence-electron chi connectivity index (χ1n) is 6.96. The molecule has 4 aromatic rings. The summed E-state index contributed by atoms with van der Waals surface area (Å²) >= 11 is 1.08. The van der Waals surface area contributed by atoms with Crippen molar-refractivity contribution in [2.75, 3.05) is 0 Å². The van der Waals surface area contributed by atoms with Crippen LogP contribution in [-0.2, 0) is 0 Å². The second-order valence-electron chi connectivity index (χ2n) is 5.02. The third kappa shape index (κ3) is 2.09. The van der Waals surface area contributed by atoms with Crippen molar-refractivity contribution in [2.24, 2.45) is 10.2 Å². The van der Waals surface area contributed by atoms with Crippen LogP contribution in [0.5, 0.6) is 0 Å². The molecule has 116 valence electrons. The highest BCUT2D eigenvalue weighted by Crippen LogP contribution is 2.29. The molecule has 0 amide bonds. The van der Waals surface area contributed by atoms with Crippen LogP contribution in [0.3, 0.4) is 0 Å². The summed E-state index contributed by atoms with van der Waals surface area (Å²) in [5.74, 6) is 0. The highest BCUT2D eigenvalue weighted by molar-refractivity contribution is 7.10. The number of nitriles is 1. The molecule has 0 aliphatic rings. The Morgan fingerprint density at radius 3 is 3.00 bits per heavy atom. The molecule has 1 aromatic carbocycles. The summed E-state index contributed by atoms with van der Waals surface area (Å²) in [6.07, 6.45) is 1.44. The van der Waals surface area contributed by atoms with Gasteiger partial charge in [-0.2, -0.15) is 14.7 Å². The largest absolute Gasteiger partial charge is 0.304 e. The molecule has 0 saturated carbocycles. The maximum atomic E-state index is 12.3. The Hall–Kier alpha value is -3.38. The zero-order valence-corrected chi connectivity index (χ0v) is 13.2. The third-order valence-electron chi connectivity index (χ3n) is 3.55. The molecule has 0 aliphatic heterocycles. The molecule has 0 bridgehead atoms. The first-order valence-corrected chi connectivity index (χ1v) is 7.73. The lowest BCUT2D eigenvalue weighted by molar-refractivity contribution is 0.951. The number of nitrogens with zero attached hydrogens (tertiary/aromatic N) is 6. The lowest BCUT2D eigenvalue weighted by Crippen LogP contribution is -2.09. The number of hydrogen-bond acceptors (Lipinski definition) is 7. The Morgan fingerprint density at radius 1 is 1.33 bits per heavy atom. The van der Waals surface area contributed by atoms with Crippen molar-refractivity contribution in [3.05, 3.63) is 52.1 Å². The minimum atomic E-state index is -0.218. The molecule has 0 fully saturated rings. The number of para-hydroxylation sites is 1. The number of aryl methyl sites for hydroxylation is 1. The standard InChI is InChI=1S/C15H9N7OS/c1-8-12(19-20-15-9(6-16)7-17-24-15)13-18-14(23)10-4-2-3-5-11(10)22(13)21-8/h2-5,7H,1H3,(H,18,23). The van der Waals surface area contributed by atoms with Gasteiger partial charge in [-0.25, -0.2) is 4.52 Å². The summed E-state index contributed by atoms with van der Waals surface area (Å²) in [4.78, 5) is 15.1. The summed E-state index contributed by atoms with van der Waals surface area (Å²) < 4.78 is 5.56. The number of nitrogens with one attached hydrogen (secondary N) is 1. The predicted molar refractivity (Wildman–Crippen MR) is 89.1 cm³/mol. The molecule has 0 saturated heterocycles. The SMILES string of the molecule is Cc1nn2c([nH]c(=O)c3ccccc32)c1N=Nc1sncc1C#N. The van der Waals surface area contributed by atoms with Crippen LogP contribution in [0.25, 0.3) is 16.6 Å². The Kier molecular flexibility index (Phi) is 3.18. The Morgan fingerprint density at radius 2 is 2.17 bits per heavy atom. The molecular weight excluding hydrogens is 326 g/mol. The molecule has 0 unspecified atom stereocenters. The highest BCUT2D eigenvalue weighted by atomic mass is 32.1. The number of H-pyrrole nitrogens is 1. The lowest BCUT2D eigenvalue weighted by atomic mass is 10.2. The van der Waals surface area contributed by atoms with Gasteiger partial charge < -0.3 is 4.98 Å². The van der Waals surface area contributed by atoms with E-state index in [0.29, 0.717) is 38.5 Å². The molecule has 3 aromatic heterocycles. The van der Waals surface area contributed by atoms with Crippen LogP contribution in [-0.4, -0.2) is 19.0 Å². The van der Waals surface area contributed by atoms with Gasteiger partial charge in [-0.1, -0.05) is 12.1 Å². The summed E-state index contributed by atoms with van der Waals surface area (Å²) in [5, 5.41) is 22.7. The molecule has 0 aliphatic carbocycles. The Bertz CT molecular complexity index is 1210. The van der Waals surface area contributed by atoms with E-state index >= 15 is 0 Å². The first kappa shape index (κ1) is 14.2. The van der Waals surface area contributed by atoms with E-state index in [-0.39, 0.29) is 5.56 Å². The van der Waals surface area contributed by atoms with E-state index in [9.17, 15) is 4.79 Å². The van der Waals surface area contributed by atoms with Gasteiger partial charge in [0.15, 0.2) is 16.3 Å². The number of rotatable bonds is 2. The molecule has 0 atom stereocenters. The summed E-state index contributed by atoms with van der Waals surface area (Å²) in [5.41, 5.74) is 2.37. The third-order valence-corrected chi connectivity index (χ3v) is 4.24. The number of benzene rings is 1. The predicted octanol–water partition coefficient (Wildman–Crippen LogP) is 3.23. The second-order valence-corrected chi connectivity index (χ2v) is 5.80. The highest BCUT2D eigenvalue weighted by Gasteiger charge is 2.14. The van der Waals surface area contributed by atoms with Crippen LogP contribution < -0.4 is 5.56 Å². The van der Waals surface area contributed by atoms with Crippen molar-refractivity contribution in [2.45, 2.75) is 6.92 Å². The second kappa shape index (κ2) is 5.36. The molecular formula is C15H9N7OS. The number of aromatic amines is 1. The fourth-order valence-corrected chi connectivity index (χ4v) is 2.96. The van der Waals surface area contributed by atoms with Gasteiger partial charge in [-0.15, -0.1) is 10.2 Å². The fourth-order valence-electron chi connectivity index (χ4n) is 2.43. The van der Waals surface area contributed by atoms with Gasteiger partial charge in [0.2, 0.25) is 0 Å². The van der Waals surface area contributed by atoms with Crippen molar-refractivity contribution in [3.8, 4) is 6.07 Å². The zero-order chi connectivity index (χ0) is 16.7. The molecule has 24 heavy (non-hydrogen) atoms. The van der Waals surface area contributed by atoms with Crippen molar-refractivity contribution in [1.29, 1.82) is 5.26 Å². The van der Waals surface area contributed by atoms with Crippen LogP contribution in [0.2, 0.25) is 0 Å². The molecule has 9 heteroatoms. The Labute approximate surface area is 138 Å². The van der Waals surface area contributed by atoms with Crippen molar-refractivity contribution in [3.63, 3.8) is 0 Å². The maximum Gasteiger partial charge on any atom is 0.259 e. The maximum absolute atomic E-state index is 12.3. The van der Waals surface area contributed by atoms with E-state index < -0.39 is 0 Å². The number of aromatic nitrogens is 4. The van der Waals surface area contributed by atoms with E-state index in [0.717, 1.165) is 11.5 Å². The van der Waals surface area contributed by atoms with E-state index in [1.54, 1.807) is 23.6 Å². The van der Waals surface area contributed by atoms with Crippen molar-refractivity contribution in [1.82, 2.24) is 19.0 Å². The zero-order valence-electron chi connectivity index (χ0n) is 12.4. The summed E-state index contributed by atoms with van der Waals surface area (Å²) in [6.45, 7) is 1.78. The van der Waals surface area contributed by atoms with Crippen molar-refractivity contribution < 1.29 is 0 Å². The minimum absolute atomic E-state index is 0.218. The van der Waals surface area contributed by atoms with Gasteiger partial charge in [0.05, 0.1) is 22.8 Å². The molecule has 0 spiro atoms. The van der Waals surface area contributed by atoms with E-state index in [4.69, 9.17) is 5.26 Å². The molecule has 3 heterocycles. The van der Waals surface area contributed by atoms with Gasteiger partial charge >= 0.3 is 0 Å². The van der Waals surface area contributed by atoms with Gasteiger partial charge in [-0.3, -0.25) is 4.79 Å². The first-order chi connectivity index (χ1) is 11.7. The van der Waals surface area contributed by atoms with Crippen LogP contribution >= 0.6 is 11.5 Å². The van der Waals surface area contributed by atoms with Crippen LogP contribution in [0.15, 0.2) is 45.5 Å². The molecule has 8 nitrogen and oxygen atoms in total.